The molecule has 0 spiro atoms. The van der Waals surface area contributed by atoms with E-state index in [1.165, 1.54) is 64.7 Å². The first-order valence-corrected chi connectivity index (χ1v) is 11.5. The van der Waals surface area contributed by atoms with Crippen LogP contribution >= 0.6 is 11.8 Å². The SMILES string of the molecule is CC(=O)c1ccc(S(=O)(=O)N2CCN(C(=O)c3ccc(SC(F)(F)F)cc3)CC2)cc1. The number of alkyl halides is 3. The summed E-state index contributed by atoms with van der Waals surface area (Å²) in [5.41, 5.74) is -3.75. The summed E-state index contributed by atoms with van der Waals surface area (Å²) in [6.45, 7) is 1.88. The van der Waals surface area contributed by atoms with Gasteiger partial charge in [0.05, 0.1) is 4.90 Å². The van der Waals surface area contributed by atoms with Gasteiger partial charge in [-0.3, -0.25) is 9.59 Å². The number of halogens is 3. The Labute approximate surface area is 182 Å². The van der Waals surface area contributed by atoms with Crippen LogP contribution in [0.2, 0.25) is 0 Å². The zero-order valence-corrected chi connectivity index (χ0v) is 18.1. The third kappa shape index (κ3) is 5.66. The van der Waals surface area contributed by atoms with Crippen LogP contribution in [-0.4, -0.2) is 61.0 Å². The molecule has 0 aliphatic carbocycles. The van der Waals surface area contributed by atoms with E-state index >= 15 is 0 Å². The lowest BCUT2D eigenvalue weighted by Crippen LogP contribution is -2.50. The van der Waals surface area contributed by atoms with Crippen LogP contribution < -0.4 is 0 Å². The van der Waals surface area contributed by atoms with E-state index in [-0.39, 0.29) is 65.0 Å². The second-order valence-electron chi connectivity index (χ2n) is 6.85. The van der Waals surface area contributed by atoms with Crippen LogP contribution in [0.5, 0.6) is 0 Å². The molecule has 1 fully saturated rings. The molecule has 0 bridgehead atoms. The summed E-state index contributed by atoms with van der Waals surface area (Å²) in [5.74, 6) is -0.535. The lowest BCUT2D eigenvalue weighted by Gasteiger charge is -2.34. The summed E-state index contributed by atoms with van der Waals surface area (Å²) in [4.78, 5) is 25.5. The minimum Gasteiger partial charge on any atom is -0.336 e. The number of hydrogen-bond acceptors (Lipinski definition) is 5. The summed E-state index contributed by atoms with van der Waals surface area (Å²) in [7, 11) is -3.77. The molecule has 2 aromatic carbocycles. The van der Waals surface area contributed by atoms with Crippen molar-refractivity contribution >= 4 is 33.5 Å². The second kappa shape index (κ2) is 9.01. The average molecular weight is 473 g/mol. The van der Waals surface area contributed by atoms with Crippen molar-refractivity contribution in [3.8, 4) is 0 Å². The fourth-order valence-electron chi connectivity index (χ4n) is 3.12. The Kier molecular flexibility index (Phi) is 6.77. The number of piperazine rings is 1. The van der Waals surface area contributed by atoms with Crippen molar-refractivity contribution in [1.82, 2.24) is 9.21 Å². The van der Waals surface area contributed by atoms with Crippen molar-refractivity contribution in [2.24, 2.45) is 0 Å². The highest BCUT2D eigenvalue weighted by molar-refractivity contribution is 8.00. The fraction of sp³-hybridized carbons (Fsp3) is 0.300. The van der Waals surface area contributed by atoms with Gasteiger partial charge in [-0.2, -0.15) is 17.5 Å². The minimum absolute atomic E-state index is 0.0178. The van der Waals surface area contributed by atoms with Crippen LogP contribution in [0, 0.1) is 0 Å². The fourth-order valence-corrected chi connectivity index (χ4v) is 5.09. The molecule has 11 heteroatoms. The van der Waals surface area contributed by atoms with Gasteiger partial charge in [-0.25, -0.2) is 8.42 Å². The number of sulfonamides is 1. The van der Waals surface area contributed by atoms with Crippen molar-refractivity contribution in [1.29, 1.82) is 0 Å². The average Bonchev–Trinajstić information content (AvgIpc) is 2.73. The van der Waals surface area contributed by atoms with Crippen LogP contribution in [0.4, 0.5) is 13.2 Å². The molecular formula is C20H19F3N2O4S2. The maximum atomic E-state index is 12.8. The van der Waals surface area contributed by atoms with Gasteiger partial charge in [-0.1, -0.05) is 12.1 Å². The highest BCUT2D eigenvalue weighted by atomic mass is 32.2. The van der Waals surface area contributed by atoms with E-state index in [2.05, 4.69) is 0 Å². The number of carbonyl (C=O) groups excluding carboxylic acids is 2. The van der Waals surface area contributed by atoms with Crippen LogP contribution in [0.3, 0.4) is 0 Å². The van der Waals surface area contributed by atoms with Crippen molar-refractivity contribution in [3.63, 3.8) is 0 Å². The van der Waals surface area contributed by atoms with Gasteiger partial charge in [-0.15, -0.1) is 0 Å². The number of benzene rings is 2. The number of ketones is 1. The van der Waals surface area contributed by atoms with Crippen molar-refractivity contribution in [2.45, 2.75) is 22.2 Å². The van der Waals surface area contributed by atoms with E-state index in [1.807, 2.05) is 0 Å². The van der Waals surface area contributed by atoms with Gasteiger partial charge in [0.15, 0.2) is 5.78 Å². The molecule has 6 nitrogen and oxygen atoms in total. The van der Waals surface area contributed by atoms with Crippen molar-refractivity contribution in [3.05, 3.63) is 59.7 Å². The van der Waals surface area contributed by atoms with Gasteiger partial charge in [0.25, 0.3) is 5.91 Å². The number of carbonyl (C=O) groups is 2. The zero-order chi connectivity index (χ0) is 22.8. The molecule has 0 atom stereocenters. The summed E-state index contributed by atoms with van der Waals surface area (Å²) in [6.07, 6.45) is 0. The van der Waals surface area contributed by atoms with E-state index < -0.39 is 15.5 Å². The van der Waals surface area contributed by atoms with E-state index in [9.17, 15) is 31.2 Å². The molecule has 1 aliphatic heterocycles. The summed E-state index contributed by atoms with van der Waals surface area (Å²) >= 11 is -0.257. The molecule has 0 radical (unpaired) electrons. The summed E-state index contributed by atoms with van der Waals surface area (Å²) in [5, 5.41) is 0. The lowest BCUT2D eigenvalue weighted by molar-refractivity contribution is -0.0328. The molecule has 3 rings (SSSR count). The maximum absolute atomic E-state index is 12.8. The lowest BCUT2D eigenvalue weighted by atomic mass is 10.2. The Balaban J connectivity index is 1.63. The van der Waals surface area contributed by atoms with Gasteiger partial charge >= 0.3 is 5.51 Å². The van der Waals surface area contributed by atoms with E-state index in [1.54, 1.807) is 0 Å². The maximum Gasteiger partial charge on any atom is 0.446 e. The first-order valence-electron chi connectivity index (χ1n) is 9.23. The topological polar surface area (TPSA) is 74.8 Å². The molecule has 1 aliphatic rings. The summed E-state index contributed by atoms with van der Waals surface area (Å²) in [6, 6.07) is 10.8. The van der Waals surface area contributed by atoms with Crippen LogP contribution in [0.25, 0.3) is 0 Å². The Morgan fingerprint density at radius 2 is 1.39 bits per heavy atom. The molecule has 0 saturated carbocycles. The van der Waals surface area contributed by atoms with E-state index in [0.717, 1.165) is 0 Å². The minimum atomic E-state index is -4.40. The van der Waals surface area contributed by atoms with Crippen LogP contribution in [0.1, 0.15) is 27.6 Å². The highest BCUT2D eigenvalue weighted by Gasteiger charge is 2.31. The third-order valence-corrected chi connectivity index (χ3v) is 7.41. The first kappa shape index (κ1) is 23.3. The van der Waals surface area contributed by atoms with Gasteiger partial charge in [0, 0.05) is 42.2 Å². The summed E-state index contributed by atoms with van der Waals surface area (Å²) < 4.78 is 64.1. The molecule has 1 saturated heterocycles. The molecular weight excluding hydrogens is 453 g/mol. The van der Waals surface area contributed by atoms with E-state index in [4.69, 9.17) is 0 Å². The monoisotopic (exact) mass is 472 g/mol. The molecule has 1 heterocycles. The molecule has 0 N–H and O–H groups in total. The Bertz CT molecular complexity index is 1060. The van der Waals surface area contributed by atoms with Gasteiger partial charge in [0.2, 0.25) is 10.0 Å². The number of amides is 1. The quantitative estimate of drug-likeness (QED) is 0.491. The second-order valence-corrected chi connectivity index (χ2v) is 9.93. The third-order valence-electron chi connectivity index (χ3n) is 4.76. The molecule has 31 heavy (non-hydrogen) atoms. The highest BCUT2D eigenvalue weighted by Crippen LogP contribution is 2.36. The molecule has 166 valence electrons. The standard InChI is InChI=1S/C20H19F3N2O4S2/c1-14(26)15-4-8-18(9-5-15)31(28,29)25-12-10-24(11-13-25)19(27)16-2-6-17(7-3-16)30-20(21,22)23/h2-9H,10-13H2,1H3. The Morgan fingerprint density at radius 1 is 0.871 bits per heavy atom. The predicted molar refractivity (Wildman–Crippen MR) is 109 cm³/mol. The number of rotatable bonds is 5. The number of nitrogens with zero attached hydrogens (tertiary/aromatic N) is 2. The smallest absolute Gasteiger partial charge is 0.336 e. The first-order chi connectivity index (χ1) is 14.5. The molecule has 2 aromatic rings. The van der Waals surface area contributed by atoms with Gasteiger partial charge < -0.3 is 4.90 Å². The predicted octanol–water partition coefficient (Wildman–Crippen LogP) is 3.65. The van der Waals surface area contributed by atoms with E-state index in [0.29, 0.717) is 5.56 Å². The number of hydrogen-bond donors (Lipinski definition) is 0. The molecule has 0 unspecified atom stereocenters. The Morgan fingerprint density at radius 3 is 1.87 bits per heavy atom. The largest absolute Gasteiger partial charge is 0.446 e. The van der Waals surface area contributed by atoms with Gasteiger partial charge in [-0.05, 0) is 55.1 Å². The number of thioether (sulfide) groups is 1. The normalized spacial score (nSPS) is 15.7. The molecule has 0 aromatic heterocycles. The van der Waals surface area contributed by atoms with Crippen LogP contribution in [-0.2, 0) is 10.0 Å². The van der Waals surface area contributed by atoms with Crippen molar-refractivity contribution in [2.75, 3.05) is 26.2 Å². The van der Waals surface area contributed by atoms with Crippen molar-refractivity contribution < 1.29 is 31.2 Å². The molecule has 1 amide bonds. The Hall–Kier alpha value is -2.37. The van der Waals surface area contributed by atoms with Gasteiger partial charge in [0.1, 0.15) is 0 Å². The number of Topliss-reactive ketones (excluding diaryl/α,β-unsaturated/α-hetero) is 1. The zero-order valence-electron chi connectivity index (χ0n) is 16.4. The van der Waals surface area contributed by atoms with Crippen LogP contribution in [0.15, 0.2) is 58.3 Å².